The zero-order chi connectivity index (χ0) is 24.7. The van der Waals surface area contributed by atoms with Gasteiger partial charge in [-0.15, -0.1) is 0 Å². The van der Waals surface area contributed by atoms with E-state index in [4.69, 9.17) is 25.8 Å². The zero-order valence-electron chi connectivity index (χ0n) is 20.2. The molecule has 8 nitrogen and oxygen atoms in total. The highest BCUT2D eigenvalue weighted by Gasteiger charge is 2.34. The van der Waals surface area contributed by atoms with E-state index in [2.05, 4.69) is 5.32 Å². The summed E-state index contributed by atoms with van der Waals surface area (Å²) in [6.45, 7) is 14.3. The molecule has 32 heavy (non-hydrogen) atoms. The van der Waals surface area contributed by atoms with Gasteiger partial charge in [0.15, 0.2) is 0 Å². The van der Waals surface area contributed by atoms with E-state index < -0.39 is 29.3 Å². The number of benzene rings is 1. The molecule has 9 heteroatoms. The summed E-state index contributed by atoms with van der Waals surface area (Å²) in [7, 11) is 0. The first-order valence-corrected chi connectivity index (χ1v) is 11.0. The summed E-state index contributed by atoms with van der Waals surface area (Å²) < 4.78 is 16.0. The number of amides is 2. The summed E-state index contributed by atoms with van der Waals surface area (Å²) in [4.78, 5) is 38.9. The van der Waals surface area contributed by atoms with Gasteiger partial charge in [0.05, 0.1) is 23.9 Å². The summed E-state index contributed by atoms with van der Waals surface area (Å²) in [5, 5.41) is 3.50. The van der Waals surface area contributed by atoms with Crippen molar-refractivity contribution in [2.24, 2.45) is 5.92 Å². The van der Waals surface area contributed by atoms with Gasteiger partial charge < -0.3 is 19.5 Å². The highest BCUT2D eigenvalue weighted by atomic mass is 35.5. The summed E-state index contributed by atoms with van der Waals surface area (Å²) >= 11 is 6.17. The lowest BCUT2D eigenvalue weighted by Crippen LogP contribution is -2.44. The molecule has 1 N–H and O–H groups in total. The van der Waals surface area contributed by atoms with Gasteiger partial charge >= 0.3 is 18.2 Å². The van der Waals surface area contributed by atoms with Crippen LogP contribution in [0.5, 0.6) is 0 Å². The number of hydrogen-bond donors (Lipinski definition) is 1. The molecule has 0 spiro atoms. The molecule has 0 heterocycles. The normalized spacial score (nSPS) is 12.5. The Morgan fingerprint density at radius 3 is 1.97 bits per heavy atom. The maximum atomic E-state index is 13.0. The van der Waals surface area contributed by atoms with Crippen LogP contribution in [0.15, 0.2) is 18.2 Å². The Balaban J connectivity index is 3.35. The van der Waals surface area contributed by atoms with Crippen molar-refractivity contribution in [1.29, 1.82) is 0 Å². The molecule has 0 aliphatic heterocycles. The van der Waals surface area contributed by atoms with Crippen molar-refractivity contribution in [2.45, 2.75) is 73.0 Å². The van der Waals surface area contributed by atoms with Gasteiger partial charge in [-0.05, 0) is 73.1 Å². The molecule has 0 aromatic heterocycles. The van der Waals surface area contributed by atoms with Gasteiger partial charge in [0.25, 0.3) is 0 Å². The molecular weight excluding hydrogens is 436 g/mol. The number of carbonyl (C=O) groups excluding carboxylic acids is 3. The Morgan fingerprint density at radius 1 is 1.00 bits per heavy atom. The molecule has 1 aromatic rings. The third-order valence-electron chi connectivity index (χ3n) is 4.00. The number of imide groups is 1. The third-order valence-corrected chi connectivity index (χ3v) is 4.24. The standard InChI is InChI=1S/C23H35ClN2O6/c1-9-15(19(27)30-10-2)14-25-17-13-16(24)11-12-18(17)26(20(28)31-22(3,4)5)21(29)32-23(6,7)8/h11-13,15,25H,9-10,14H2,1-8H3. The fourth-order valence-corrected chi connectivity index (χ4v) is 2.79. The van der Waals surface area contributed by atoms with Crippen LogP contribution in [0.4, 0.5) is 21.0 Å². The highest BCUT2D eigenvalue weighted by Crippen LogP contribution is 2.32. The average molecular weight is 471 g/mol. The van der Waals surface area contributed by atoms with E-state index in [9.17, 15) is 14.4 Å². The van der Waals surface area contributed by atoms with Crippen LogP contribution >= 0.6 is 11.6 Å². The van der Waals surface area contributed by atoms with Crippen molar-refractivity contribution in [2.75, 3.05) is 23.4 Å². The summed E-state index contributed by atoms with van der Waals surface area (Å²) in [5.74, 6) is -0.750. The number of hydrogen-bond acceptors (Lipinski definition) is 7. The Hall–Kier alpha value is -2.48. The van der Waals surface area contributed by atoms with E-state index in [1.165, 1.54) is 6.07 Å². The Bertz CT molecular complexity index is 786. The number of esters is 1. The van der Waals surface area contributed by atoms with Gasteiger partial charge in [-0.2, -0.15) is 4.90 Å². The number of nitrogens with zero attached hydrogens (tertiary/aromatic N) is 1. The first-order chi connectivity index (χ1) is 14.7. The molecule has 0 saturated heterocycles. The van der Waals surface area contributed by atoms with Crippen molar-refractivity contribution < 1.29 is 28.6 Å². The van der Waals surface area contributed by atoms with E-state index in [1.54, 1.807) is 60.6 Å². The fraction of sp³-hybridized carbons (Fsp3) is 0.609. The lowest BCUT2D eigenvalue weighted by Gasteiger charge is -2.30. The molecule has 0 bridgehead atoms. The van der Waals surface area contributed by atoms with Crippen molar-refractivity contribution >= 4 is 41.1 Å². The van der Waals surface area contributed by atoms with Gasteiger partial charge in [-0.3, -0.25) is 4.79 Å². The second kappa shape index (κ2) is 11.4. The molecule has 0 saturated carbocycles. The van der Waals surface area contributed by atoms with E-state index >= 15 is 0 Å². The molecule has 1 atom stereocenters. The zero-order valence-corrected chi connectivity index (χ0v) is 21.0. The fourth-order valence-electron chi connectivity index (χ4n) is 2.62. The number of nitrogens with one attached hydrogen (secondary N) is 1. The lowest BCUT2D eigenvalue weighted by molar-refractivity contribution is -0.147. The van der Waals surface area contributed by atoms with Crippen LogP contribution in [-0.4, -0.2) is 42.5 Å². The summed E-state index contributed by atoms with van der Waals surface area (Å²) in [5.41, 5.74) is -1.11. The molecule has 2 amide bonds. The summed E-state index contributed by atoms with van der Waals surface area (Å²) in [6, 6.07) is 4.63. The van der Waals surface area contributed by atoms with Gasteiger partial charge in [-0.25, -0.2) is 9.59 Å². The molecule has 1 unspecified atom stereocenters. The first kappa shape index (κ1) is 27.6. The third kappa shape index (κ3) is 8.94. The van der Waals surface area contributed by atoms with Gasteiger partial charge in [0, 0.05) is 11.6 Å². The topological polar surface area (TPSA) is 94.2 Å². The Labute approximate surface area is 195 Å². The van der Waals surface area contributed by atoms with Crippen LogP contribution in [0, 0.1) is 5.92 Å². The van der Waals surface area contributed by atoms with Crippen molar-refractivity contribution in [3.63, 3.8) is 0 Å². The SMILES string of the molecule is CCOC(=O)C(CC)CNc1cc(Cl)ccc1N(C(=O)OC(C)(C)C)C(=O)OC(C)(C)C. The van der Waals surface area contributed by atoms with Crippen LogP contribution in [0.2, 0.25) is 5.02 Å². The quantitative estimate of drug-likeness (QED) is 0.384. The van der Waals surface area contributed by atoms with Crippen LogP contribution in [0.1, 0.15) is 61.8 Å². The minimum atomic E-state index is -0.894. The average Bonchev–Trinajstić information content (AvgIpc) is 2.61. The number of ether oxygens (including phenoxy) is 3. The number of anilines is 2. The Morgan fingerprint density at radius 2 is 1.53 bits per heavy atom. The molecular formula is C23H35ClN2O6. The minimum Gasteiger partial charge on any atom is -0.466 e. The largest absolute Gasteiger partial charge is 0.466 e. The van der Waals surface area contributed by atoms with E-state index in [0.717, 1.165) is 4.90 Å². The van der Waals surface area contributed by atoms with Gasteiger partial charge in [0.2, 0.25) is 0 Å². The second-order valence-electron chi connectivity index (χ2n) is 9.20. The van der Waals surface area contributed by atoms with E-state index in [1.807, 2.05) is 6.92 Å². The van der Waals surface area contributed by atoms with Crippen molar-refractivity contribution in [3.8, 4) is 0 Å². The molecule has 1 aromatic carbocycles. The minimum absolute atomic E-state index is 0.191. The molecule has 1 rings (SSSR count). The molecule has 180 valence electrons. The van der Waals surface area contributed by atoms with Gasteiger partial charge in [0.1, 0.15) is 11.2 Å². The van der Waals surface area contributed by atoms with Crippen LogP contribution in [-0.2, 0) is 19.0 Å². The van der Waals surface area contributed by atoms with Crippen molar-refractivity contribution in [1.82, 2.24) is 0 Å². The van der Waals surface area contributed by atoms with E-state index in [0.29, 0.717) is 17.1 Å². The maximum absolute atomic E-state index is 13.0. The summed E-state index contributed by atoms with van der Waals surface area (Å²) in [6.07, 6.45) is -1.24. The first-order valence-electron chi connectivity index (χ1n) is 10.6. The Kier molecular flexibility index (Phi) is 9.82. The van der Waals surface area contributed by atoms with Crippen LogP contribution in [0.25, 0.3) is 0 Å². The molecule has 0 radical (unpaired) electrons. The van der Waals surface area contributed by atoms with Crippen LogP contribution < -0.4 is 10.2 Å². The molecule has 0 fully saturated rings. The molecule has 0 aliphatic carbocycles. The van der Waals surface area contributed by atoms with Gasteiger partial charge in [-0.1, -0.05) is 18.5 Å². The maximum Gasteiger partial charge on any atom is 0.424 e. The second-order valence-corrected chi connectivity index (χ2v) is 9.63. The smallest absolute Gasteiger partial charge is 0.424 e. The van der Waals surface area contributed by atoms with Crippen LogP contribution in [0.3, 0.4) is 0 Å². The predicted octanol–water partition coefficient (Wildman–Crippen LogP) is 6.02. The highest BCUT2D eigenvalue weighted by molar-refractivity contribution is 6.31. The van der Waals surface area contributed by atoms with Crippen molar-refractivity contribution in [3.05, 3.63) is 23.2 Å². The monoisotopic (exact) mass is 470 g/mol. The number of rotatable bonds is 7. The predicted molar refractivity (Wildman–Crippen MR) is 125 cm³/mol. The molecule has 0 aliphatic rings. The van der Waals surface area contributed by atoms with E-state index in [-0.39, 0.29) is 24.8 Å². The lowest BCUT2D eigenvalue weighted by atomic mass is 10.1. The number of halogens is 1. The number of carbonyl (C=O) groups is 3.